The first-order chi connectivity index (χ1) is 12.1. The number of fused-ring (bicyclic) bond motifs is 1. The standard InChI is InChI=1S/C19H16ClNO4/c20-16-3-1-2-14-6-9-17(21-19(14)16)13-4-7-15(8-5-13)25-11-10-24-12-18(22)23/h1-9H,10-12H2,(H,22,23). The van der Waals surface area contributed by atoms with Crippen molar-refractivity contribution in [1.82, 2.24) is 4.98 Å². The SMILES string of the molecule is O=C(O)COCCOc1ccc(-c2ccc3cccc(Cl)c3n2)cc1. The maximum Gasteiger partial charge on any atom is 0.329 e. The number of para-hydroxylation sites is 1. The van der Waals surface area contributed by atoms with Crippen LogP contribution in [0.15, 0.2) is 54.6 Å². The summed E-state index contributed by atoms with van der Waals surface area (Å²) in [5.41, 5.74) is 2.56. The molecule has 128 valence electrons. The van der Waals surface area contributed by atoms with Crippen molar-refractivity contribution < 1.29 is 19.4 Å². The summed E-state index contributed by atoms with van der Waals surface area (Å²) in [7, 11) is 0. The first kappa shape index (κ1) is 17.2. The molecule has 0 atom stereocenters. The van der Waals surface area contributed by atoms with Gasteiger partial charge in [-0.1, -0.05) is 29.8 Å². The van der Waals surface area contributed by atoms with Gasteiger partial charge in [0.05, 0.1) is 22.8 Å². The number of ether oxygens (including phenoxy) is 2. The maximum absolute atomic E-state index is 10.3. The van der Waals surface area contributed by atoms with Gasteiger partial charge in [0, 0.05) is 10.9 Å². The first-order valence-electron chi connectivity index (χ1n) is 7.71. The summed E-state index contributed by atoms with van der Waals surface area (Å²) in [4.78, 5) is 15.0. The van der Waals surface area contributed by atoms with Crippen molar-refractivity contribution in [1.29, 1.82) is 0 Å². The van der Waals surface area contributed by atoms with Crippen molar-refractivity contribution >= 4 is 28.5 Å². The second-order valence-electron chi connectivity index (χ2n) is 5.33. The largest absolute Gasteiger partial charge is 0.491 e. The molecular formula is C19H16ClNO4. The molecule has 0 aliphatic heterocycles. The molecule has 0 unspecified atom stereocenters. The number of hydrogen-bond acceptors (Lipinski definition) is 4. The quantitative estimate of drug-likeness (QED) is 0.646. The lowest BCUT2D eigenvalue weighted by Gasteiger charge is -2.08. The maximum atomic E-state index is 10.3. The zero-order valence-corrected chi connectivity index (χ0v) is 14.1. The van der Waals surface area contributed by atoms with Crippen LogP contribution in [-0.4, -0.2) is 35.9 Å². The zero-order chi connectivity index (χ0) is 17.6. The monoisotopic (exact) mass is 357 g/mol. The van der Waals surface area contributed by atoms with E-state index in [9.17, 15) is 4.79 Å². The lowest BCUT2D eigenvalue weighted by atomic mass is 10.1. The molecule has 1 aromatic heterocycles. The normalized spacial score (nSPS) is 10.8. The molecule has 0 spiro atoms. The van der Waals surface area contributed by atoms with E-state index >= 15 is 0 Å². The van der Waals surface area contributed by atoms with Crippen LogP contribution in [0.4, 0.5) is 0 Å². The van der Waals surface area contributed by atoms with Crippen LogP contribution in [0.2, 0.25) is 5.02 Å². The van der Waals surface area contributed by atoms with Crippen LogP contribution >= 0.6 is 11.6 Å². The van der Waals surface area contributed by atoms with Gasteiger partial charge in [-0.3, -0.25) is 0 Å². The molecule has 1 heterocycles. The fraction of sp³-hybridized carbons (Fsp3) is 0.158. The number of benzene rings is 2. The molecule has 3 aromatic rings. The van der Waals surface area contributed by atoms with Crippen LogP contribution in [0.1, 0.15) is 0 Å². The van der Waals surface area contributed by atoms with Gasteiger partial charge >= 0.3 is 5.97 Å². The Morgan fingerprint density at radius 3 is 2.60 bits per heavy atom. The Bertz CT molecular complexity index is 880. The highest BCUT2D eigenvalue weighted by Crippen LogP contribution is 2.26. The third-order valence-corrected chi connectivity index (χ3v) is 3.85. The molecule has 0 fully saturated rings. The zero-order valence-electron chi connectivity index (χ0n) is 13.3. The second kappa shape index (κ2) is 7.96. The van der Waals surface area contributed by atoms with Crippen molar-refractivity contribution in [2.45, 2.75) is 0 Å². The Hall–Kier alpha value is -2.63. The Balaban J connectivity index is 1.66. The van der Waals surface area contributed by atoms with Gasteiger partial charge in [-0.05, 0) is 36.4 Å². The molecule has 0 radical (unpaired) electrons. The van der Waals surface area contributed by atoms with Gasteiger partial charge in [0.15, 0.2) is 0 Å². The topological polar surface area (TPSA) is 68.7 Å². The van der Waals surface area contributed by atoms with E-state index in [0.717, 1.165) is 22.2 Å². The minimum Gasteiger partial charge on any atom is -0.491 e. The summed E-state index contributed by atoms with van der Waals surface area (Å²) < 4.78 is 10.4. The van der Waals surface area contributed by atoms with E-state index in [4.69, 9.17) is 26.2 Å². The van der Waals surface area contributed by atoms with Crippen molar-refractivity contribution in [3.05, 3.63) is 59.6 Å². The van der Waals surface area contributed by atoms with Crippen LogP contribution in [0.25, 0.3) is 22.2 Å². The summed E-state index contributed by atoms with van der Waals surface area (Å²) in [5.74, 6) is -0.311. The molecular weight excluding hydrogens is 342 g/mol. The van der Waals surface area contributed by atoms with Gasteiger partial charge in [0.1, 0.15) is 19.0 Å². The molecule has 0 saturated carbocycles. The van der Waals surface area contributed by atoms with Crippen LogP contribution in [0.3, 0.4) is 0 Å². The molecule has 0 amide bonds. The fourth-order valence-electron chi connectivity index (χ4n) is 2.37. The van der Waals surface area contributed by atoms with Crippen molar-refractivity contribution in [2.24, 2.45) is 0 Å². The number of halogens is 1. The van der Waals surface area contributed by atoms with E-state index in [1.807, 2.05) is 54.6 Å². The van der Waals surface area contributed by atoms with E-state index in [0.29, 0.717) is 10.8 Å². The number of carboxylic acids is 1. The van der Waals surface area contributed by atoms with E-state index in [-0.39, 0.29) is 19.8 Å². The summed E-state index contributed by atoms with van der Waals surface area (Å²) in [5, 5.41) is 10.1. The molecule has 0 saturated heterocycles. The molecule has 0 bridgehead atoms. The lowest BCUT2D eigenvalue weighted by Crippen LogP contribution is -2.12. The molecule has 0 aliphatic rings. The highest BCUT2D eigenvalue weighted by molar-refractivity contribution is 6.35. The Labute approximate surface area is 149 Å². The Morgan fingerprint density at radius 2 is 1.84 bits per heavy atom. The molecule has 3 rings (SSSR count). The predicted molar refractivity (Wildman–Crippen MR) is 96.1 cm³/mol. The molecule has 6 heteroatoms. The average molecular weight is 358 g/mol. The van der Waals surface area contributed by atoms with Gasteiger partial charge in [0.2, 0.25) is 0 Å². The van der Waals surface area contributed by atoms with Crippen molar-refractivity contribution in [3.8, 4) is 17.0 Å². The molecule has 1 N–H and O–H groups in total. The van der Waals surface area contributed by atoms with Crippen LogP contribution in [0, 0.1) is 0 Å². The molecule has 0 aliphatic carbocycles. The van der Waals surface area contributed by atoms with Gasteiger partial charge in [0.25, 0.3) is 0 Å². The number of aliphatic carboxylic acids is 1. The second-order valence-corrected chi connectivity index (χ2v) is 5.73. The highest BCUT2D eigenvalue weighted by atomic mass is 35.5. The van der Waals surface area contributed by atoms with Gasteiger partial charge < -0.3 is 14.6 Å². The minimum absolute atomic E-state index is 0.221. The van der Waals surface area contributed by atoms with Crippen molar-refractivity contribution in [3.63, 3.8) is 0 Å². The average Bonchev–Trinajstić information content (AvgIpc) is 2.62. The number of pyridine rings is 1. The molecule has 2 aromatic carbocycles. The number of carbonyl (C=O) groups is 1. The fourth-order valence-corrected chi connectivity index (χ4v) is 2.60. The highest BCUT2D eigenvalue weighted by Gasteiger charge is 2.05. The number of aromatic nitrogens is 1. The van der Waals surface area contributed by atoms with E-state index in [1.54, 1.807) is 0 Å². The number of rotatable bonds is 7. The van der Waals surface area contributed by atoms with Crippen LogP contribution < -0.4 is 4.74 Å². The van der Waals surface area contributed by atoms with Crippen molar-refractivity contribution in [2.75, 3.05) is 19.8 Å². The van der Waals surface area contributed by atoms with Gasteiger partial charge in [-0.2, -0.15) is 0 Å². The minimum atomic E-state index is -0.993. The summed E-state index contributed by atoms with van der Waals surface area (Å²) >= 11 is 6.21. The smallest absolute Gasteiger partial charge is 0.329 e. The Morgan fingerprint density at radius 1 is 1.04 bits per heavy atom. The molecule has 25 heavy (non-hydrogen) atoms. The third kappa shape index (κ3) is 4.47. The third-order valence-electron chi connectivity index (χ3n) is 3.54. The van der Waals surface area contributed by atoms with Gasteiger partial charge in [-0.15, -0.1) is 0 Å². The molecule has 5 nitrogen and oxygen atoms in total. The number of hydrogen-bond donors (Lipinski definition) is 1. The summed E-state index contributed by atoms with van der Waals surface area (Å²) in [6, 6.07) is 17.2. The van der Waals surface area contributed by atoms with E-state index in [2.05, 4.69) is 4.98 Å². The van der Waals surface area contributed by atoms with Crippen LogP contribution in [0.5, 0.6) is 5.75 Å². The van der Waals surface area contributed by atoms with Gasteiger partial charge in [-0.25, -0.2) is 9.78 Å². The summed E-state index contributed by atoms with van der Waals surface area (Å²) in [6.07, 6.45) is 0. The first-order valence-corrected chi connectivity index (χ1v) is 8.09. The van der Waals surface area contributed by atoms with E-state index < -0.39 is 5.97 Å². The lowest BCUT2D eigenvalue weighted by molar-refractivity contribution is -0.142. The summed E-state index contributed by atoms with van der Waals surface area (Å²) in [6.45, 7) is 0.188. The Kier molecular flexibility index (Phi) is 5.48. The predicted octanol–water partition coefficient (Wildman–Crippen LogP) is 4.04. The van der Waals surface area contributed by atoms with E-state index in [1.165, 1.54) is 0 Å². The van der Waals surface area contributed by atoms with Crippen LogP contribution in [-0.2, 0) is 9.53 Å². The number of carboxylic acid groups (broad SMARTS) is 1. The number of nitrogens with zero attached hydrogens (tertiary/aromatic N) is 1.